The van der Waals surface area contributed by atoms with Gasteiger partial charge in [0, 0.05) is 44.6 Å². The number of hydrogen-bond acceptors (Lipinski definition) is 7. The highest BCUT2D eigenvalue weighted by molar-refractivity contribution is 5.93. The van der Waals surface area contributed by atoms with Gasteiger partial charge in [0.25, 0.3) is 0 Å². The molecule has 11 nitrogen and oxygen atoms in total. The summed E-state index contributed by atoms with van der Waals surface area (Å²) in [5, 5.41) is 18.9. The van der Waals surface area contributed by atoms with Crippen molar-refractivity contribution < 1.29 is 24.3 Å². The highest BCUT2D eigenvalue weighted by atomic mass is 16.4. The van der Waals surface area contributed by atoms with Crippen molar-refractivity contribution in [3.63, 3.8) is 0 Å². The molecule has 37 heavy (non-hydrogen) atoms. The lowest BCUT2D eigenvalue weighted by atomic mass is 9.84. The number of carboxylic acids is 1. The molecule has 1 fully saturated rings. The smallest absolute Gasteiger partial charge is 0.326 e. The minimum atomic E-state index is -1.29. The van der Waals surface area contributed by atoms with Crippen molar-refractivity contribution in [2.45, 2.75) is 83.2 Å². The van der Waals surface area contributed by atoms with E-state index in [1.54, 1.807) is 4.90 Å². The summed E-state index contributed by atoms with van der Waals surface area (Å²) in [5.74, 6) is -2.72. The minimum absolute atomic E-state index is 0.0824. The van der Waals surface area contributed by atoms with Crippen LogP contribution in [0.1, 0.15) is 51.2 Å². The number of nitrogens with one attached hydrogen (secondary N) is 3. The maximum absolute atomic E-state index is 14.0. The van der Waals surface area contributed by atoms with Crippen LogP contribution in [0, 0.1) is 5.41 Å². The van der Waals surface area contributed by atoms with E-state index in [9.17, 15) is 24.3 Å². The van der Waals surface area contributed by atoms with E-state index >= 15 is 0 Å². The number of carbonyl (C=O) groups is 4. The first-order chi connectivity index (χ1) is 17.4. The van der Waals surface area contributed by atoms with Crippen LogP contribution in [-0.2, 0) is 32.1 Å². The molecule has 0 saturated carbocycles. The fourth-order valence-electron chi connectivity index (χ4n) is 5.00. The summed E-state index contributed by atoms with van der Waals surface area (Å²) in [7, 11) is 0. The van der Waals surface area contributed by atoms with Crippen LogP contribution in [0.15, 0.2) is 24.3 Å². The minimum Gasteiger partial charge on any atom is -0.480 e. The molecule has 8 N–H and O–H groups in total. The normalized spacial score (nSPS) is 23.1. The largest absolute Gasteiger partial charge is 0.480 e. The summed E-state index contributed by atoms with van der Waals surface area (Å²) in [6, 6.07) is 5.06. The molecule has 0 aliphatic carbocycles. The van der Waals surface area contributed by atoms with Gasteiger partial charge in [-0.1, -0.05) is 45.0 Å². The van der Waals surface area contributed by atoms with Gasteiger partial charge in [0.1, 0.15) is 12.1 Å². The average molecular weight is 517 g/mol. The molecular formula is C26H40N6O5. The van der Waals surface area contributed by atoms with E-state index in [2.05, 4.69) is 16.0 Å². The molecule has 1 aromatic rings. The molecule has 0 spiro atoms. The Labute approximate surface area is 217 Å². The molecule has 0 bridgehead atoms. The van der Waals surface area contributed by atoms with Gasteiger partial charge >= 0.3 is 5.97 Å². The van der Waals surface area contributed by atoms with Gasteiger partial charge in [0.05, 0.1) is 6.04 Å². The molecular weight excluding hydrogens is 476 g/mol. The zero-order chi connectivity index (χ0) is 27.3. The first-order valence-electron chi connectivity index (χ1n) is 12.8. The predicted molar refractivity (Wildman–Crippen MR) is 138 cm³/mol. The molecule has 5 atom stereocenters. The maximum atomic E-state index is 14.0. The van der Waals surface area contributed by atoms with Crippen molar-refractivity contribution in [3.05, 3.63) is 35.4 Å². The Morgan fingerprint density at radius 2 is 1.86 bits per heavy atom. The highest BCUT2D eigenvalue weighted by Crippen LogP contribution is 2.28. The number of benzene rings is 1. The number of carboxylic acid groups (broad SMARTS) is 1. The van der Waals surface area contributed by atoms with Gasteiger partial charge in [0.15, 0.2) is 0 Å². The summed E-state index contributed by atoms with van der Waals surface area (Å²) >= 11 is 0. The Hall–Kier alpha value is -3.02. The molecule has 0 radical (unpaired) electrons. The number of nitrogens with zero attached hydrogens (tertiary/aromatic N) is 1. The van der Waals surface area contributed by atoms with E-state index in [4.69, 9.17) is 11.5 Å². The van der Waals surface area contributed by atoms with Crippen molar-refractivity contribution in [1.82, 2.24) is 20.9 Å². The molecule has 2 aliphatic rings. The molecule has 2 heterocycles. The molecule has 2 aliphatic heterocycles. The van der Waals surface area contributed by atoms with Gasteiger partial charge in [-0.2, -0.15) is 0 Å². The van der Waals surface area contributed by atoms with Crippen molar-refractivity contribution in [2.75, 3.05) is 13.1 Å². The van der Waals surface area contributed by atoms with Crippen molar-refractivity contribution in [3.8, 4) is 0 Å². The van der Waals surface area contributed by atoms with Crippen molar-refractivity contribution in [1.29, 1.82) is 0 Å². The third kappa shape index (κ3) is 7.50. The lowest BCUT2D eigenvalue weighted by molar-refractivity contribution is -0.147. The zero-order valence-corrected chi connectivity index (χ0v) is 21.8. The van der Waals surface area contributed by atoms with Gasteiger partial charge < -0.3 is 37.4 Å². The summed E-state index contributed by atoms with van der Waals surface area (Å²) in [5.41, 5.74) is 12.6. The third-order valence-corrected chi connectivity index (χ3v) is 7.07. The second-order valence-electron chi connectivity index (χ2n) is 11.2. The molecule has 3 amide bonds. The maximum Gasteiger partial charge on any atom is 0.326 e. The lowest BCUT2D eigenvalue weighted by Crippen LogP contribution is -2.61. The van der Waals surface area contributed by atoms with Crippen LogP contribution in [0.5, 0.6) is 0 Å². The lowest BCUT2D eigenvalue weighted by Gasteiger charge is -2.41. The second kappa shape index (κ2) is 12.0. The number of carbonyl (C=O) groups excluding carboxylic acids is 3. The van der Waals surface area contributed by atoms with E-state index in [0.717, 1.165) is 24.1 Å². The van der Waals surface area contributed by atoms with Crippen LogP contribution in [0.4, 0.5) is 0 Å². The molecule has 3 rings (SSSR count). The van der Waals surface area contributed by atoms with Crippen LogP contribution in [0.25, 0.3) is 0 Å². The Kier molecular flexibility index (Phi) is 9.27. The standard InChI is InChI=1S/C26H40N6O5/c1-26(2,3)22(30-13-18-11-17(27)12-29-18)24(35)32-14-16-7-5-4-6-15(16)10-20(32)23(34)31-19(25(36)37)8-9-21(28)33/h4-7,17-20,22,29-30H,8-14,27H2,1-3H3,(H2,28,33)(H,31,34)(H,36,37)/t17-,18+,19+,20+,22-/m1/s1. The van der Waals surface area contributed by atoms with Gasteiger partial charge in [-0.3, -0.25) is 14.4 Å². The Balaban J connectivity index is 1.84. The highest BCUT2D eigenvalue weighted by Gasteiger charge is 2.42. The average Bonchev–Trinajstić information content (AvgIpc) is 3.24. The van der Waals surface area contributed by atoms with Crippen molar-refractivity contribution in [2.24, 2.45) is 16.9 Å². The van der Waals surface area contributed by atoms with Crippen LogP contribution >= 0.6 is 0 Å². The Bertz CT molecular complexity index is 1010. The number of nitrogens with two attached hydrogens (primary N) is 2. The van der Waals surface area contributed by atoms with Crippen LogP contribution in [0.3, 0.4) is 0 Å². The molecule has 0 aromatic heterocycles. The number of aliphatic carboxylic acids is 1. The Morgan fingerprint density at radius 1 is 1.19 bits per heavy atom. The molecule has 204 valence electrons. The summed E-state index contributed by atoms with van der Waals surface area (Å²) in [4.78, 5) is 51.9. The van der Waals surface area contributed by atoms with Gasteiger partial charge in [-0.25, -0.2) is 4.79 Å². The van der Waals surface area contributed by atoms with Gasteiger partial charge in [-0.15, -0.1) is 0 Å². The molecule has 1 aromatic carbocycles. The quantitative estimate of drug-likeness (QED) is 0.240. The number of primary amides is 1. The number of fused-ring (bicyclic) bond motifs is 1. The topological polar surface area (TPSA) is 180 Å². The second-order valence-corrected chi connectivity index (χ2v) is 11.2. The van der Waals surface area contributed by atoms with Gasteiger partial charge in [0.2, 0.25) is 17.7 Å². The van der Waals surface area contributed by atoms with E-state index in [0.29, 0.717) is 6.54 Å². The number of amides is 3. The van der Waals surface area contributed by atoms with E-state index < -0.39 is 41.3 Å². The van der Waals surface area contributed by atoms with Crippen LogP contribution in [-0.4, -0.2) is 77.0 Å². The SMILES string of the molecule is CC(C)(C)[C@H](NC[C@@H]1C[C@@H](N)CN1)C(=O)N1Cc2ccccc2C[C@H]1C(=O)N[C@@H](CCC(N)=O)C(=O)O. The summed E-state index contributed by atoms with van der Waals surface area (Å²) in [6.45, 7) is 7.41. The third-order valence-electron chi connectivity index (χ3n) is 7.07. The summed E-state index contributed by atoms with van der Waals surface area (Å²) < 4.78 is 0. The fourth-order valence-corrected chi connectivity index (χ4v) is 5.00. The monoisotopic (exact) mass is 516 g/mol. The fraction of sp³-hybridized carbons (Fsp3) is 0.615. The Morgan fingerprint density at radius 3 is 2.43 bits per heavy atom. The van der Waals surface area contributed by atoms with Crippen molar-refractivity contribution >= 4 is 23.7 Å². The van der Waals surface area contributed by atoms with Gasteiger partial charge in [-0.05, 0) is 29.4 Å². The van der Waals surface area contributed by atoms with E-state index in [1.165, 1.54) is 0 Å². The molecule has 0 unspecified atom stereocenters. The zero-order valence-electron chi connectivity index (χ0n) is 21.8. The van der Waals surface area contributed by atoms with Crippen LogP contribution in [0.2, 0.25) is 0 Å². The number of hydrogen-bond donors (Lipinski definition) is 6. The molecule has 1 saturated heterocycles. The molecule has 11 heteroatoms. The first kappa shape index (κ1) is 28.5. The first-order valence-corrected chi connectivity index (χ1v) is 12.8. The predicted octanol–water partition coefficient (Wildman–Crippen LogP) is -0.532. The van der Waals surface area contributed by atoms with E-state index in [1.807, 2.05) is 45.0 Å². The van der Waals surface area contributed by atoms with Crippen LogP contribution < -0.4 is 27.4 Å². The number of rotatable bonds is 10. The van der Waals surface area contributed by atoms with E-state index in [-0.39, 0.29) is 43.8 Å². The summed E-state index contributed by atoms with van der Waals surface area (Å²) in [6.07, 6.45) is 0.756.